The molecule has 8 heteroatoms. The van der Waals surface area contributed by atoms with Crippen LogP contribution in [-0.2, 0) is 25.5 Å². The van der Waals surface area contributed by atoms with E-state index in [1.165, 1.54) is 5.56 Å². The van der Waals surface area contributed by atoms with Gasteiger partial charge in [0, 0.05) is 26.1 Å². The van der Waals surface area contributed by atoms with E-state index in [4.69, 9.17) is 9.84 Å². The van der Waals surface area contributed by atoms with Crippen LogP contribution >= 0.6 is 0 Å². The number of hydrogen-bond donors (Lipinski definition) is 2. The van der Waals surface area contributed by atoms with Gasteiger partial charge < -0.3 is 20.1 Å². The van der Waals surface area contributed by atoms with Gasteiger partial charge in [-0.25, -0.2) is 0 Å². The summed E-state index contributed by atoms with van der Waals surface area (Å²) in [5.74, 6) is -1.21. The molecule has 2 rings (SSSR count). The molecule has 2 amide bonds. The van der Waals surface area contributed by atoms with Crippen LogP contribution < -0.4 is 5.32 Å². The summed E-state index contributed by atoms with van der Waals surface area (Å²) in [6, 6.07) is 8.03. The molecule has 0 bridgehead atoms. The Balaban J connectivity index is 1.70. The Morgan fingerprint density at radius 3 is 2.68 bits per heavy atom. The van der Waals surface area contributed by atoms with E-state index in [1.807, 2.05) is 31.2 Å². The van der Waals surface area contributed by atoms with Gasteiger partial charge in [0.2, 0.25) is 11.8 Å². The molecule has 1 atom stereocenters. The Morgan fingerprint density at radius 1 is 1.29 bits per heavy atom. The number of carboxylic acids is 1. The normalized spacial score (nSPS) is 16.8. The molecule has 1 aliphatic heterocycles. The second-order valence-corrected chi connectivity index (χ2v) is 7.19. The number of ether oxygens (including phenoxy) is 1. The summed E-state index contributed by atoms with van der Waals surface area (Å²) in [7, 11) is 1.70. The van der Waals surface area contributed by atoms with Gasteiger partial charge in [0.1, 0.15) is 0 Å². The molecule has 1 aromatic carbocycles. The van der Waals surface area contributed by atoms with Gasteiger partial charge in [-0.2, -0.15) is 0 Å². The predicted molar refractivity (Wildman–Crippen MR) is 104 cm³/mol. The maximum absolute atomic E-state index is 12.4. The summed E-state index contributed by atoms with van der Waals surface area (Å²) < 4.78 is 5.62. The molecule has 8 nitrogen and oxygen atoms in total. The summed E-state index contributed by atoms with van der Waals surface area (Å²) in [5.41, 5.74) is 2.27. The second kappa shape index (κ2) is 10.8. The molecule has 154 valence electrons. The molecular weight excluding hydrogens is 362 g/mol. The van der Waals surface area contributed by atoms with E-state index in [2.05, 4.69) is 5.32 Å². The highest BCUT2D eigenvalue weighted by molar-refractivity contribution is 5.84. The van der Waals surface area contributed by atoms with Crippen molar-refractivity contribution in [2.45, 2.75) is 25.9 Å². The zero-order chi connectivity index (χ0) is 20.5. The molecule has 1 unspecified atom stereocenters. The number of amides is 2. The Morgan fingerprint density at radius 2 is 2.00 bits per heavy atom. The van der Waals surface area contributed by atoms with Gasteiger partial charge in [0.05, 0.1) is 25.8 Å². The smallest absolute Gasteiger partial charge is 0.317 e. The summed E-state index contributed by atoms with van der Waals surface area (Å²) in [6.45, 7) is 3.59. The molecule has 0 aromatic heterocycles. The van der Waals surface area contributed by atoms with E-state index in [-0.39, 0.29) is 31.0 Å². The number of likely N-dealkylation sites (N-methyl/N-ethyl adjacent to an activating group) is 1. The third-order valence-corrected chi connectivity index (χ3v) is 4.61. The van der Waals surface area contributed by atoms with Crippen LogP contribution in [0.5, 0.6) is 0 Å². The topological polar surface area (TPSA) is 99.2 Å². The fraction of sp³-hybridized carbons (Fsp3) is 0.550. The number of morpholine rings is 1. The quantitative estimate of drug-likeness (QED) is 0.628. The molecule has 1 aliphatic rings. The molecule has 1 fully saturated rings. The molecule has 0 spiro atoms. The zero-order valence-electron chi connectivity index (χ0n) is 16.5. The van der Waals surface area contributed by atoms with Crippen molar-refractivity contribution in [2.24, 2.45) is 0 Å². The van der Waals surface area contributed by atoms with Crippen molar-refractivity contribution in [3.05, 3.63) is 35.4 Å². The first kappa shape index (κ1) is 21.8. The van der Waals surface area contributed by atoms with Gasteiger partial charge in [-0.3, -0.25) is 19.3 Å². The number of carbonyl (C=O) groups is 3. The van der Waals surface area contributed by atoms with E-state index < -0.39 is 5.97 Å². The zero-order valence-corrected chi connectivity index (χ0v) is 16.5. The Hall–Kier alpha value is -2.45. The summed E-state index contributed by atoms with van der Waals surface area (Å²) in [6.07, 6.45) is 0.733. The number of hydrogen-bond acceptors (Lipinski definition) is 5. The number of nitrogens with zero attached hydrogens (tertiary/aromatic N) is 2. The van der Waals surface area contributed by atoms with Crippen LogP contribution in [0.15, 0.2) is 24.3 Å². The first-order valence-electron chi connectivity index (χ1n) is 9.45. The highest BCUT2D eigenvalue weighted by Gasteiger charge is 2.25. The molecule has 28 heavy (non-hydrogen) atoms. The Labute approximate surface area is 165 Å². The second-order valence-electron chi connectivity index (χ2n) is 7.19. The molecule has 1 heterocycles. The lowest BCUT2D eigenvalue weighted by molar-refractivity contribution is -0.142. The lowest BCUT2D eigenvalue weighted by Gasteiger charge is -2.34. The summed E-state index contributed by atoms with van der Waals surface area (Å²) in [4.78, 5) is 38.4. The Kier molecular flexibility index (Phi) is 8.41. The highest BCUT2D eigenvalue weighted by Crippen LogP contribution is 2.08. The largest absolute Gasteiger partial charge is 0.480 e. The SMILES string of the molecule is Cc1ccc(CCC(=O)NCC(=O)N2CCOC(CN(C)CC(=O)O)C2)cc1. The van der Waals surface area contributed by atoms with Gasteiger partial charge in [0.15, 0.2) is 0 Å². The maximum atomic E-state index is 12.4. The Bertz CT molecular complexity index is 677. The van der Waals surface area contributed by atoms with E-state index in [9.17, 15) is 14.4 Å². The minimum atomic E-state index is -0.903. The molecule has 1 saturated heterocycles. The lowest BCUT2D eigenvalue weighted by atomic mass is 10.1. The number of rotatable bonds is 9. The molecule has 0 saturated carbocycles. The third-order valence-electron chi connectivity index (χ3n) is 4.61. The number of nitrogens with one attached hydrogen (secondary N) is 1. The standard InChI is InChI=1S/C20H29N3O5/c1-15-3-5-16(6-4-15)7-8-18(24)21-11-19(25)23-9-10-28-17(13-23)12-22(2)14-20(26)27/h3-6,17H,7-14H2,1-2H3,(H,21,24)(H,26,27). The number of benzene rings is 1. The van der Waals surface area contributed by atoms with Crippen LogP contribution in [0.25, 0.3) is 0 Å². The summed E-state index contributed by atoms with van der Waals surface area (Å²) >= 11 is 0. The summed E-state index contributed by atoms with van der Waals surface area (Å²) in [5, 5.41) is 11.5. The maximum Gasteiger partial charge on any atom is 0.317 e. The minimum Gasteiger partial charge on any atom is -0.480 e. The average molecular weight is 391 g/mol. The van der Waals surface area contributed by atoms with Crippen molar-refractivity contribution in [1.82, 2.24) is 15.1 Å². The number of carbonyl (C=O) groups excluding carboxylic acids is 2. The molecule has 0 radical (unpaired) electrons. The van der Waals surface area contributed by atoms with Gasteiger partial charge in [-0.15, -0.1) is 0 Å². The van der Waals surface area contributed by atoms with Crippen molar-refractivity contribution in [3.63, 3.8) is 0 Å². The monoisotopic (exact) mass is 391 g/mol. The van der Waals surface area contributed by atoms with E-state index in [0.717, 1.165) is 5.56 Å². The van der Waals surface area contributed by atoms with Crippen LogP contribution in [0.1, 0.15) is 17.5 Å². The third kappa shape index (κ3) is 7.66. The predicted octanol–water partition coefficient (Wildman–Crippen LogP) is 0.288. The van der Waals surface area contributed by atoms with Gasteiger partial charge in [-0.1, -0.05) is 29.8 Å². The van der Waals surface area contributed by atoms with E-state index in [0.29, 0.717) is 39.1 Å². The van der Waals surface area contributed by atoms with Crippen molar-refractivity contribution in [2.75, 3.05) is 46.4 Å². The van der Waals surface area contributed by atoms with Crippen LogP contribution in [0.3, 0.4) is 0 Å². The van der Waals surface area contributed by atoms with Gasteiger partial charge in [-0.05, 0) is 26.0 Å². The molecular formula is C20H29N3O5. The fourth-order valence-corrected chi connectivity index (χ4v) is 3.09. The van der Waals surface area contributed by atoms with Crippen molar-refractivity contribution < 1.29 is 24.2 Å². The molecule has 2 N–H and O–H groups in total. The fourth-order valence-electron chi connectivity index (χ4n) is 3.09. The van der Waals surface area contributed by atoms with E-state index in [1.54, 1.807) is 16.8 Å². The number of aliphatic carboxylic acids is 1. The van der Waals surface area contributed by atoms with Crippen LogP contribution in [-0.4, -0.2) is 85.2 Å². The number of carboxylic acid groups (broad SMARTS) is 1. The molecule has 1 aromatic rings. The first-order chi connectivity index (χ1) is 13.3. The average Bonchev–Trinajstić information content (AvgIpc) is 2.65. The van der Waals surface area contributed by atoms with Gasteiger partial charge in [0.25, 0.3) is 0 Å². The highest BCUT2D eigenvalue weighted by atomic mass is 16.5. The van der Waals surface area contributed by atoms with E-state index >= 15 is 0 Å². The minimum absolute atomic E-state index is 0.0373. The van der Waals surface area contributed by atoms with Crippen molar-refractivity contribution in [1.29, 1.82) is 0 Å². The van der Waals surface area contributed by atoms with Gasteiger partial charge >= 0.3 is 5.97 Å². The lowest BCUT2D eigenvalue weighted by Crippen LogP contribution is -2.51. The first-order valence-corrected chi connectivity index (χ1v) is 9.45. The van der Waals surface area contributed by atoms with Crippen LogP contribution in [0.2, 0.25) is 0 Å². The van der Waals surface area contributed by atoms with Crippen LogP contribution in [0, 0.1) is 6.92 Å². The van der Waals surface area contributed by atoms with Crippen molar-refractivity contribution >= 4 is 17.8 Å². The van der Waals surface area contributed by atoms with Crippen molar-refractivity contribution in [3.8, 4) is 0 Å². The van der Waals surface area contributed by atoms with Crippen LogP contribution in [0.4, 0.5) is 0 Å². The number of aryl methyl sites for hydroxylation is 2. The molecule has 0 aliphatic carbocycles.